The van der Waals surface area contributed by atoms with E-state index in [-0.39, 0.29) is 0 Å². The zero-order valence-corrected chi connectivity index (χ0v) is 9.79. The number of carbonyl (C=O) groups is 1. The van der Waals surface area contributed by atoms with E-state index in [4.69, 9.17) is 10.5 Å². The summed E-state index contributed by atoms with van der Waals surface area (Å²) in [5.41, 5.74) is 5.66. The smallest absolute Gasteiger partial charge is 0.248 e. The van der Waals surface area contributed by atoms with Crippen molar-refractivity contribution >= 4 is 21.8 Å². The first-order valence-electron chi connectivity index (χ1n) is 4.93. The molecule has 0 spiro atoms. The molecule has 1 saturated carbocycles. The first-order chi connectivity index (χ1) is 7.16. The maximum absolute atomic E-state index is 10.9. The van der Waals surface area contributed by atoms with Gasteiger partial charge in [-0.25, -0.2) is 0 Å². The second-order valence-electron chi connectivity index (χ2n) is 3.68. The molecule has 1 fully saturated rings. The van der Waals surface area contributed by atoms with Crippen molar-refractivity contribution in [2.24, 2.45) is 5.73 Å². The Bertz CT molecular complexity index is 388. The molecule has 15 heavy (non-hydrogen) atoms. The summed E-state index contributed by atoms with van der Waals surface area (Å²) in [6, 6.07) is 5.15. The number of nitrogens with two attached hydrogens (primary N) is 1. The summed E-state index contributed by atoms with van der Waals surface area (Å²) in [4.78, 5) is 10.9. The van der Waals surface area contributed by atoms with Gasteiger partial charge in [0.2, 0.25) is 5.91 Å². The Labute approximate surface area is 96.7 Å². The van der Waals surface area contributed by atoms with Gasteiger partial charge >= 0.3 is 0 Å². The van der Waals surface area contributed by atoms with Crippen molar-refractivity contribution in [1.82, 2.24) is 0 Å². The summed E-state index contributed by atoms with van der Waals surface area (Å²) in [7, 11) is 0. The van der Waals surface area contributed by atoms with Crippen LogP contribution in [0.15, 0.2) is 22.7 Å². The van der Waals surface area contributed by atoms with E-state index in [1.165, 1.54) is 6.42 Å². The van der Waals surface area contributed by atoms with Gasteiger partial charge in [-0.05, 0) is 53.4 Å². The van der Waals surface area contributed by atoms with Gasteiger partial charge in [-0.3, -0.25) is 4.79 Å². The topological polar surface area (TPSA) is 52.3 Å². The summed E-state index contributed by atoms with van der Waals surface area (Å²) in [6.07, 6.45) is 3.80. The SMILES string of the molecule is NC(=O)c1ccc(OC2CCC2)c(Br)c1. The fraction of sp³-hybridized carbons (Fsp3) is 0.364. The molecule has 2 rings (SSSR count). The summed E-state index contributed by atoms with van der Waals surface area (Å²) in [5, 5.41) is 0. The molecule has 0 unspecified atom stereocenters. The Hall–Kier alpha value is -1.03. The van der Waals surface area contributed by atoms with Crippen LogP contribution in [0.5, 0.6) is 5.75 Å². The molecule has 0 radical (unpaired) electrons. The highest BCUT2D eigenvalue weighted by molar-refractivity contribution is 9.10. The fourth-order valence-electron chi connectivity index (χ4n) is 1.42. The van der Waals surface area contributed by atoms with Crippen LogP contribution in [0.2, 0.25) is 0 Å². The molecule has 80 valence electrons. The molecule has 0 aliphatic heterocycles. The Morgan fingerprint density at radius 1 is 1.47 bits per heavy atom. The molecule has 0 heterocycles. The third kappa shape index (κ3) is 2.31. The van der Waals surface area contributed by atoms with Gasteiger partial charge in [-0.2, -0.15) is 0 Å². The van der Waals surface area contributed by atoms with Crippen LogP contribution in [0.25, 0.3) is 0 Å². The van der Waals surface area contributed by atoms with E-state index in [2.05, 4.69) is 15.9 Å². The predicted octanol–water partition coefficient (Wildman–Crippen LogP) is 2.48. The minimum atomic E-state index is -0.425. The third-order valence-corrected chi connectivity index (χ3v) is 3.18. The number of halogens is 1. The average molecular weight is 270 g/mol. The van der Waals surface area contributed by atoms with Crippen LogP contribution in [0.3, 0.4) is 0 Å². The average Bonchev–Trinajstić information content (AvgIpc) is 2.12. The maximum Gasteiger partial charge on any atom is 0.248 e. The van der Waals surface area contributed by atoms with Gasteiger partial charge in [0, 0.05) is 5.56 Å². The van der Waals surface area contributed by atoms with Crippen molar-refractivity contribution in [3.05, 3.63) is 28.2 Å². The highest BCUT2D eigenvalue weighted by Crippen LogP contribution is 2.31. The monoisotopic (exact) mass is 269 g/mol. The molecule has 3 nitrogen and oxygen atoms in total. The van der Waals surface area contributed by atoms with Crippen molar-refractivity contribution in [2.45, 2.75) is 25.4 Å². The number of hydrogen-bond acceptors (Lipinski definition) is 2. The summed E-state index contributed by atoms with van der Waals surface area (Å²) in [6.45, 7) is 0. The number of primary amides is 1. The molecule has 2 N–H and O–H groups in total. The molecule has 0 atom stereocenters. The van der Waals surface area contributed by atoms with Crippen molar-refractivity contribution in [2.75, 3.05) is 0 Å². The van der Waals surface area contributed by atoms with Crippen molar-refractivity contribution in [1.29, 1.82) is 0 Å². The molecular formula is C11H12BrNO2. The number of rotatable bonds is 3. The standard InChI is InChI=1S/C11H12BrNO2/c12-9-6-7(11(13)14)4-5-10(9)15-8-2-1-3-8/h4-6,8H,1-3H2,(H2,13,14). The molecule has 4 heteroatoms. The molecule has 1 amide bonds. The molecule has 1 aromatic carbocycles. The minimum absolute atomic E-state index is 0.334. The van der Waals surface area contributed by atoms with Crippen LogP contribution in [0, 0.1) is 0 Å². The molecule has 0 aromatic heterocycles. The van der Waals surface area contributed by atoms with Gasteiger partial charge in [-0.15, -0.1) is 0 Å². The molecule has 1 aromatic rings. The van der Waals surface area contributed by atoms with Gasteiger partial charge in [-0.1, -0.05) is 0 Å². The molecule has 1 aliphatic carbocycles. The lowest BCUT2D eigenvalue weighted by molar-refractivity contribution is 0.1000. The number of carbonyl (C=O) groups excluding carboxylic acids is 1. The zero-order valence-electron chi connectivity index (χ0n) is 8.20. The van der Waals surface area contributed by atoms with Gasteiger partial charge < -0.3 is 10.5 Å². The van der Waals surface area contributed by atoms with E-state index in [1.54, 1.807) is 18.2 Å². The normalized spacial score (nSPS) is 15.8. The lowest BCUT2D eigenvalue weighted by Gasteiger charge is -2.26. The number of benzene rings is 1. The fourth-order valence-corrected chi connectivity index (χ4v) is 1.89. The largest absolute Gasteiger partial charge is 0.489 e. The van der Waals surface area contributed by atoms with Crippen LogP contribution >= 0.6 is 15.9 Å². The lowest BCUT2D eigenvalue weighted by Crippen LogP contribution is -2.24. The summed E-state index contributed by atoms with van der Waals surface area (Å²) in [5.74, 6) is 0.357. The van der Waals surface area contributed by atoms with Crippen molar-refractivity contribution < 1.29 is 9.53 Å². The quantitative estimate of drug-likeness (QED) is 0.917. The van der Waals surface area contributed by atoms with Gasteiger partial charge in [0.1, 0.15) is 5.75 Å². The highest BCUT2D eigenvalue weighted by Gasteiger charge is 2.20. The van der Waals surface area contributed by atoms with E-state index in [0.717, 1.165) is 23.1 Å². The molecule has 0 bridgehead atoms. The third-order valence-electron chi connectivity index (χ3n) is 2.56. The lowest BCUT2D eigenvalue weighted by atomic mass is 9.96. The summed E-state index contributed by atoms with van der Waals surface area (Å²) < 4.78 is 6.50. The van der Waals surface area contributed by atoms with E-state index < -0.39 is 5.91 Å². The Morgan fingerprint density at radius 2 is 2.20 bits per heavy atom. The molecule has 0 saturated heterocycles. The molecular weight excluding hydrogens is 258 g/mol. The predicted molar refractivity (Wildman–Crippen MR) is 60.9 cm³/mol. The van der Waals surface area contributed by atoms with Crippen molar-refractivity contribution in [3.63, 3.8) is 0 Å². The minimum Gasteiger partial charge on any atom is -0.489 e. The Morgan fingerprint density at radius 3 is 2.67 bits per heavy atom. The van der Waals surface area contributed by atoms with E-state index >= 15 is 0 Å². The summed E-state index contributed by atoms with van der Waals surface area (Å²) >= 11 is 3.36. The van der Waals surface area contributed by atoms with Crippen molar-refractivity contribution in [3.8, 4) is 5.75 Å². The second kappa shape index (κ2) is 4.23. The first-order valence-corrected chi connectivity index (χ1v) is 5.72. The van der Waals surface area contributed by atoms with Gasteiger partial charge in [0.25, 0.3) is 0 Å². The van der Waals surface area contributed by atoms with Gasteiger partial charge in [0.05, 0.1) is 10.6 Å². The van der Waals surface area contributed by atoms with Crippen LogP contribution in [-0.2, 0) is 0 Å². The van der Waals surface area contributed by atoms with Crippen LogP contribution in [0.4, 0.5) is 0 Å². The van der Waals surface area contributed by atoms with E-state index in [9.17, 15) is 4.79 Å². The number of amides is 1. The van der Waals surface area contributed by atoms with Crippen LogP contribution < -0.4 is 10.5 Å². The molecule has 1 aliphatic rings. The van der Waals surface area contributed by atoms with Crippen LogP contribution in [-0.4, -0.2) is 12.0 Å². The zero-order chi connectivity index (χ0) is 10.8. The Balaban J connectivity index is 2.14. The Kier molecular flexibility index (Phi) is 2.95. The second-order valence-corrected chi connectivity index (χ2v) is 4.53. The number of hydrogen-bond donors (Lipinski definition) is 1. The number of ether oxygens (including phenoxy) is 1. The maximum atomic E-state index is 10.9. The highest BCUT2D eigenvalue weighted by atomic mass is 79.9. The van der Waals surface area contributed by atoms with E-state index in [1.807, 2.05) is 0 Å². The van der Waals surface area contributed by atoms with Gasteiger partial charge in [0.15, 0.2) is 0 Å². The van der Waals surface area contributed by atoms with E-state index in [0.29, 0.717) is 11.7 Å². The van der Waals surface area contributed by atoms with Crippen LogP contribution in [0.1, 0.15) is 29.6 Å². The first kappa shape index (κ1) is 10.5.